The van der Waals surface area contributed by atoms with E-state index in [2.05, 4.69) is 32.0 Å². The van der Waals surface area contributed by atoms with Gasteiger partial charge >= 0.3 is 0 Å². The molecule has 0 fully saturated rings. The van der Waals surface area contributed by atoms with Gasteiger partial charge in [0.15, 0.2) is 0 Å². The Labute approximate surface area is 125 Å². The van der Waals surface area contributed by atoms with Gasteiger partial charge in [-0.25, -0.2) is 0 Å². The second-order valence-electron chi connectivity index (χ2n) is 5.75. The topological polar surface area (TPSA) is 46.3 Å². The Morgan fingerprint density at radius 3 is 2.76 bits per heavy atom. The first-order chi connectivity index (χ1) is 10.1. The van der Waals surface area contributed by atoms with Crippen molar-refractivity contribution in [2.75, 3.05) is 17.2 Å². The van der Waals surface area contributed by atoms with E-state index in [-0.39, 0.29) is 5.91 Å². The van der Waals surface area contributed by atoms with Crippen LogP contribution in [0.25, 0.3) is 0 Å². The number of carbonyl (C=O) groups is 1. The average molecular weight is 280 g/mol. The van der Waals surface area contributed by atoms with E-state index in [0.717, 1.165) is 24.2 Å². The van der Waals surface area contributed by atoms with Crippen LogP contribution in [0, 0.1) is 13.8 Å². The number of hydrogen-bond donors (Lipinski definition) is 1. The summed E-state index contributed by atoms with van der Waals surface area (Å²) in [7, 11) is 0. The minimum atomic E-state index is 0.120. The molecule has 3 rings (SSSR count). The Morgan fingerprint density at radius 2 is 2.00 bits per heavy atom. The molecule has 0 spiro atoms. The molecule has 0 radical (unpaired) electrons. The number of fused-ring (bicyclic) bond motifs is 1. The van der Waals surface area contributed by atoms with Gasteiger partial charge in [0, 0.05) is 6.54 Å². The molecular formula is C18H20N2O. The van der Waals surface area contributed by atoms with Crippen LogP contribution in [0.1, 0.15) is 22.3 Å². The zero-order valence-electron chi connectivity index (χ0n) is 12.5. The molecule has 0 saturated heterocycles. The molecular weight excluding hydrogens is 260 g/mol. The van der Waals surface area contributed by atoms with Gasteiger partial charge in [0.25, 0.3) is 0 Å². The van der Waals surface area contributed by atoms with Gasteiger partial charge in [0.1, 0.15) is 0 Å². The first-order valence-electron chi connectivity index (χ1n) is 7.30. The molecule has 0 bridgehead atoms. The lowest BCUT2D eigenvalue weighted by Crippen LogP contribution is -2.30. The monoisotopic (exact) mass is 280 g/mol. The molecule has 0 unspecified atom stereocenters. The van der Waals surface area contributed by atoms with Crippen LogP contribution in [0.2, 0.25) is 0 Å². The number of nitrogens with zero attached hydrogens (tertiary/aromatic N) is 1. The second-order valence-corrected chi connectivity index (χ2v) is 5.75. The van der Waals surface area contributed by atoms with Crippen LogP contribution in [0.5, 0.6) is 0 Å². The van der Waals surface area contributed by atoms with Crippen LogP contribution in [0.15, 0.2) is 36.4 Å². The summed E-state index contributed by atoms with van der Waals surface area (Å²) < 4.78 is 0. The summed E-state index contributed by atoms with van der Waals surface area (Å²) in [6.45, 7) is 4.89. The molecule has 1 amide bonds. The van der Waals surface area contributed by atoms with E-state index in [0.29, 0.717) is 12.1 Å². The number of nitrogen functional groups attached to an aromatic ring is 1. The highest BCUT2D eigenvalue weighted by Crippen LogP contribution is 2.33. The number of anilines is 2. The zero-order chi connectivity index (χ0) is 15.0. The summed E-state index contributed by atoms with van der Waals surface area (Å²) in [5.74, 6) is 0.120. The third-order valence-electron chi connectivity index (χ3n) is 4.25. The van der Waals surface area contributed by atoms with Crippen LogP contribution >= 0.6 is 0 Å². The van der Waals surface area contributed by atoms with Crippen molar-refractivity contribution >= 4 is 17.3 Å². The molecule has 1 heterocycles. The van der Waals surface area contributed by atoms with Gasteiger partial charge in [-0.2, -0.15) is 0 Å². The van der Waals surface area contributed by atoms with Gasteiger partial charge < -0.3 is 10.6 Å². The summed E-state index contributed by atoms with van der Waals surface area (Å²) in [4.78, 5) is 14.4. The highest BCUT2D eigenvalue weighted by molar-refractivity contribution is 5.99. The molecule has 3 nitrogen and oxygen atoms in total. The number of para-hydroxylation sites is 1. The molecule has 0 atom stereocenters. The molecule has 108 valence electrons. The fraction of sp³-hybridized carbons (Fsp3) is 0.278. The molecule has 21 heavy (non-hydrogen) atoms. The quantitative estimate of drug-likeness (QED) is 0.860. The maximum Gasteiger partial charge on any atom is 0.231 e. The van der Waals surface area contributed by atoms with Crippen LogP contribution in [-0.4, -0.2) is 12.5 Å². The third-order valence-corrected chi connectivity index (χ3v) is 4.25. The highest BCUT2D eigenvalue weighted by atomic mass is 16.2. The van der Waals surface area contributed by atoms with E-state index in [1.165, 1.54) is 16.7 Å². The zero-order valence-corrected chi connectivity index (χ0v) is 12.5. The van der Waals surface area contributed by atoms with Crippen molar-refractivity contribution in [3.63, 3.8) is 0 Å². The van der Waals surface area contributed by atoms with Gasteiger partial charge in [-0.3, -0.25) is 4.79 Å². The Balaban J connectivity index is 1.83. The summed E-state index contributed by atoms with van der Waals surface area (Å²) in [6, 6.07) is 12.1. The minimum Gasteiger partial charge on any atom is -0.397 e. The molecule has 0 saturated carbocycles. The third kappa shape index (κ3) is 2.51. The van der Waals surface area contributed by atoms with E-state index in [1.54, 1.807) is 0 Å². The molecule has 0 aliphatic carbocycles. The summed E-state index contributed by atoms with van der Waals surface area (Å²) in [6.07, 6.45) is 1.31. The molecule has 2 N–H and O–H groups in total. The molecule has 3 heteroatoms. The first kappa shape index (κ1) is 13.7. The molecule has 0 aromatic heterocycles. The van der Waals surface area contributed by atoms with Crippen LogP contribution in [-0.2, 0) is 17.6 Å². The summed E-state index contributed by atoms with van der Waals surface area (Å²) >= 11 is 0. The summed E-state index contributed by atoms with van der Waals surface area (Å²) in [5, 5.41) is 0. The number of aryl methyl sites for hydroxylation is 2. The standard InChI is InChI=1S/C18H20N2O/c1-12-6-7-14(10-13(12)2)11-17(21)20-9-8-15-4-3-5-16(19)18(15)20/h3-7,10H,8-9,11,19H2,1-2H3. The predicted octanol–water partition coefficient (Wildman–Crippen LogP) is 3.02. The van der Waals surface area contributed by atoms with Crippen LogP contribution in [0.4, 0.5) is 11.4 Å². The van der Waals surface area contributed by atoms with Crippen molar-refractivity contribution < 1.29 is 4.79 Å². The average Bonchev–Trinajstić information content (AvgIpc) is 2.88. The smallest absolute Gasteiger partial charge is 0.231 e. The summed E-state index contributed by atoms with van der Waals surface area (Å²) in [5.41, 5.74) is 12.4. The van der Waals surface area contributed by atoms with Crippen molar-refractivity contribution in [3.8, 4) is 0 Å². The Kier molecular flexibility index (Phi) is 3.42. The van der Waals surface area contributed by atoms with Crippen molar-refractivity contribution in [3.05, 3.63) is 58.7 Å². The van der Waals surface area contributed by atoms with Crippen LogP contribution in [0.3, 0.4) is 0 Å². The normalized spacial score (nSPS) is 13.3. The lowest BCUT2D eigenvalue weighted by molar-refractivity contribution is -0.117. The van der Waals surface area contributed by atoms with Crippen molar-refractivity contribution in [1.82, 2.24) is 0 Å². The molecule has 1 aliphatic heterocycles. The molecule has 2 aromatic carbocycles. The van der Waals surface area contributed by atoms with Crippen molar-refractivity contribution in [2.24, 2.45) is 0 Å². The molecule has 2 aromatic rings. The SMILES string of the molecule is Cc1ccc(CC(=O)N2CCc3cccc(N)c32)cc1C. The highest BCUT2D eigenvalue weighted by Gasteiger charge is 2.26. The maximum atomic E-state index is 12.6. The van der Waals surface area contributed by atoms with Crippen molar-refractivity contribution in [1.29, 1.82) is 0 Å². The van der Waals surface area contributed by atoms with E-state index in [4.69, 9.17) is 5.73 Å². The van der Waals surface area contributed by atoms with E-state index in [1.807, 2.05) is 23.1 Å². The fourth-order valence-electron chi connectivity index (χ4n) is 2.92. The number of amides is 1. The number of benzene rings is 2. The van der Waals surface area contributed by atoms with Gasteiger partial charge in [0.05, 0.1) is 17.8 Å². The number of nitrogens with two attached hydrogens (primary N) is 1. The minimum absolute atomic E-state index is 0.120. The van der Waals surface area contributed by atoms with Gasteiger partial charge in [-0.15, -0.1) is 0 Å². The van der Waals surface area contributed by atoms with Crippen LogP contribution < -0.4 is 10.6 Å². The number of hydrogen-bond acceptors (Lipinski definition) is 2. The second kappa shape index (κ2) is 5.24. The van der Waals surface area contributed by atoms with Gasteiger partial charge in [0.2, 0.25) is 5.91 Å². The largest absolute Gasteiger partial charge is 0.397 e. The predicted molar refractivity (Wildman–Crippen MR) is 86.5 cm³/mol. The van der Waals surface area contributed by atoms with E-state index < -0.39 is 0 Å². The Morgan fingerprint density at radius 1 is 1.19 bits per heavy atom. The molecule has 1 aliphatic rings. The van der Waals surface area contributed by atoms with Crippen molar-refractivity contribution in [2.45, 2.75) is 26.7 Å². The fourth-order valence-corrected chi connectivity index (χ4v) is 2.92. The Hall–Kier alpha value is -2.29. The number of carbonyl (C=O) groups excluding carboxylic acids is 1. The van der Waals surface area contributed by atoms with E-state index in [9.17, 15) is 4.79 Å². The van der Waals surface area contributed by atoms with Gasteiger partial charge in [-0.1, -0.05) is 30.3 Å². The number of rotatable bonds is 2. The maximum absolute atomic E-state index is 12.6. The lowest BCUT2D eigenvalue weighted by atomic mass is 10.0. The Bertz CT molecular complexity index is 706. The first-order valence-corrected chi connectivity index (χ1v) is 7.30. The lowest BCUT2D eigenvalue weighted by Gasteiger charge is -2.19. The van der Waals surface area contributed by atoms with Gasteiger partial charge in [-0.05, 0) is 48.6 Å². The van der Waals surface area contributed by atoms with E-state index >= 15 is 0 Å².